The van der Waals surface area contributed by atoms with Gasteiger partial charge in [-0.3, -0.25) is 4.79 Å². The van der Waals surface area contributed by atoms with Crippen LogP contribution in [0.25, 0.3) is 5.57 Å². The monoisotopic (exact) mass is 265 g/mol. The third-order valence-corrected chi connectivity index (χ3v) is 3.43. The van der Waals surface area contributed by atoms with Gasteiger partial charge in [-0.2, -0.15) is 0 Å². The minimum absolute atomic E-state index is 0.0367. The molecule has 1 unspecified atom stereocenters. The van der Waals surface area contributed by atoms with Gasteiger partial charge in [-0.25, -0.2) is 8.78 Å². The number of carbonyl (C=O) groups is 1. The second kappa shape index (κ2) is 5.51. The number of benzene rings is 1. The van der Waals surface area contributed by atoms with E-state index in [1.165, 1.54) is 12.1 Å². The van der Waals surface area contributed by atoms with Crippen molar-refractivity contribution in [1.29, 1.82) is 0 Å². The lowest BCUT2D eigenvalue weighted by Gasteiger charge is -2.18. The van der Waals surface area contributed by atoms with Crippen LogP contribution in [0, 0.1) is 17.6 Å². The molecule has 0 aliphatic heterocycles. The zero-order valence-corrected chi connectivity index (χ0v) is 11.1. The molecule has 0 heterocycles. The lowest BCUT2D eigenvalue weighted by atomic mass is 9.91. The van der Waals surface area contributed by atoms with Crippen LogP contribution in [0.5, 0.6) is 0 Å². The van der Waals surface area contributed by atoms with Gasteiger partial charge in [-0.15, -0.1) is 0 Å². The lowest BCUT2D eigenvalue weighted by molar-refractivity contribution is -0.129. The SMILES string of the molecule is CN(C)C(=O)CC1CCC=C1c1cc(F)cc(F)c1. The summed E-state index contributed by atoms with van der Waals surface area (Å²) in [4.78, 5) is 13.3. The molecule has 1 atom stereocenters. The summed E-state index contributed by atoms with van der Waals surface area (Å²) in [6.45, 7) is 0. The van der Waals surface area contributed by atoms with Gasteiger partial charge in [0.05, 0.1) is 0 Å². The molecule has 0 aromatic heterocycles. The van der Waals surface area contributed by atoms with Crippen LogP contribution >= 0.6 is 0 Å². The Morgan fingerprint density at radius 3 is 2.47 bits per heavy atom. The standard InChI is InChI=1S/C15H17F2NO/c1-18(2)15(19)8-10-4-3-5-14(10)11-6-12(16)9-13(17)7-11/h5-7,9-10H,3-4,8H2,1-2H3. The highest BCUT2D eigenvalue weighted by atomic mass is 19.1. The van der Waals surface area contributed by atoms with Gasteiger partial charge >= 0.3 is 0 Å². The molecule has 0 bridgehead atoms. The minimum atomic E-state index is -0.583. The van der Waals surface area contributed by atoms with Gasteiger partial charge in [0.2, 0.25) is 5.91 Å². The van der Waals surface area contributed by atoms with E-state index in [0.29, 0.717) is 12.0 Å². The number of amides is 1. The van der Waals surface area contributed by atoms with E-state index >= 15 is 0 Å². The van der Waals surface area contributed by atoms with Crippen LogP contribution in [0.15, 0.2) is 24.3 Å². The summed E-state index contributed by atoms with van der Waals surface area (Å²) in [5.41, 5.74) is 1.43. The van der Waals surface area contributed by atoms with Gasteiger partial charge in [0.15, 0.2) is 0 Å². The highest BCUT2D eigenvalue weighted by Gasteiger charge is 2.24. The molecule has 1 aliphatic carbocycles. The molecule has 1 aromatic rings. The molecule has 0 saturated carbocycles. The Morgan fingerprint density at radius 1 is 1.26 bits per heavy atom. The van der Waals surface area contributed by atoms with Crippen molar-refractivity contribution < 1.29 is 13.6 Å². The van der Waals surface area contributed by atoms with Crippen molar-refractivity contribution in [2.75, 3.05) is 14.1 Å². The normalized spacial score (nSPS) is 18.3. The van der Waals surface area contributed by atoms with Crippen LogP contribution in [0.3, 0.4) is 0 Å². The number of rotatable bonds is 3. The lowest BCUT2D eigenvalue weighted by Crippen LogP contribution is -2.24. The third kappa shape index (κ3) is 3.19. The van der Waals surface area contributed by atoms with Crippen molar-refractivity contribution in [3.63, 3.8) is 0 Å². The predicted octanol–water partition coefficient (Wildman–Crippen LogP) is 3.24. The highest BCUT2D eigenvalue weighted by Crippen LogP contribution is 2.36. The van der Waals surface area contributed by atoms with Gasteiger partial charge in [-0.1, -0.05) is 6.08 Å². The van der Waals surface area contributed by atoms with Crippen molar-refractivity contribution in [3.8, 4) is 0 Å². The summed E-state index contributed by atoms with van der Waals surface area (Å²) >= 11 is 0. The quantitative estimate of drug-likeness (QED) is 0.821. The number of hydrogen-bond donors (Lipinski definition) is 0. The topological polar surface area (TPSA) is 20.3 Å². The summed E-state index contributed by atoms with van der Waals surface area (Å²) in [7, 11) is 3.42. The van der Waals surface area contributed by atoms with Crippen molar-refractivity contribution in [3.05, 3.63) is 41.5 Å². The Labute approximate surface area is 111 Å². The van der Waals surface area contributed by atoms with E-state index in [9.17, 15) is 13.6 Å². The van der Waals surface area contributed by atoms with E-state index in [1.807, 2.05) is 6.08 Å². The Balaban J connectivity index is 2.21. The highest BCUT2D eigenvalue weighted by molar-refractivity contribution is 5.80. The maximum atomic E-state index is 13.3. The average Bonchev–Trinajstić information content (AvgIpc) is 2.75. The first-order chi connectivity index (χ1) is 8.97. The molecule has 1 aromatic carbocycles. The maximum absolute atomic E-state index is 13.3. The maximum Gasteiger partial charge on any atom is 0.222 e. The minimum Gasteiger partial charge on any atom is -0.349 e. The molecule has 0 fully saturated rings. The van der Waals surface area contributed by atoms with E-state index in [1.54, 1.807) is 19.0 Å². The fourth-order valence-electron chi connectivity index (χ4n) is 2.44. The van der Waals surface area contributed by atoms with Gasteiger partial charge in [0.25, 0.3) is 0 Å². The summed E-state index contributed by atoms with van der Waals surface area (Å²) in [6.07, 6.45) is 4.06. The van der Waals surface area contributed by atoms with E-state index in [4.69, 9.17) is 0 Å². The van der Waals surface area contributed by atoms with Crippen LogP contribution < -0.4 is 0 Å². The molecule has 2 nitrogen and oxygen atoms in total. The van der Waals surface area contributed by atoms with E-state index < -0.39 is 11.6 Å². The zero-order chi connectivity index (χ0) is 14.0. The average molecular weight is 265 g/mol. The molecular weight excluding hydrogens is 248 g/mol. The van der Waals surface area contributed by atoms with Crippen molar-refractivity contribution in [1.82, 2.24) is 4.90 Å². The first kappa shape index (κ1) is 13.7. The molecule has 102 valence electrons. The molecule has 0 N–H and O–H groups in total. The van der Waals surface area contributed by atoms with Crippen LogP contribution in [-0.4, -0.2) is 24.9 Å². The summed E-state index contributed by atoms with van der Waals surface area (Å²) < 4.78 is 26.5. The number of allylic oxidation sites excluding steroid dienone is 2. The van der Waals surface area contributed by atoms with Crippen molar-refractivity contribution in [2.45, 2.75) is 19.3 Å². The van der Waals surface area contributed by atoms with Crippen LogP contribution in [0.1, 0.15) is 24.8 Å². The molecule has 2 rings (SSSR count). The number of hydrogen-bond acceptors (Lipinski definition) is 1. The molecule has 0 spiro atoms. The molecule has 0 saturated heterocycles. The smallest absolute Gasteiger partial charge is 0.222 e. The largest absolute Gasteiger partial charge is 0.349 e. The van der Waals surface area contributed by atoms with Gasteiger partial charge < -0.3 is 4.90 Å². The number of carbonyl (C=O) groups excluding carboxylic acids is 1. The second-order valence-electron chi connectivity index (χ2n) is 5.08. The molecule has 4 heteroatoms. The first-order valence-corrected chi connectivity index (χ1v) is 6.34. The van der Waals surface area contributed by atoms with E-state index in [-0.39, 0.29) is 11.8 Å². The van der Waals surface area contributed by atoms with Crippen LogP contribution in [0.4, 0.5) is 8.78 Å². The Kier molecular flexibility index (Phi) is 3.98. The summed E-state index contributed by atoms with van der Waals surface area (Å²) in [5.74, 6) is -1.08. The fraction of sp³-hybridized carbons (Fsp3) is 0.400. The number of halogens is 2. The van der Waals surface area contributed by atoms with Gasteiger partial charge in [-0.05, 0) is 42.0 Å². The molecule has 1 amide bonds. The first-order valence-electron chi connectivity index (χ1n) is 6.34. The van der Waals surface area contributed by atoms with Crippen molar-refractivity contribution in [2.24, 2.45) is 5.92 Å². The summed E-state index contributed by atoms with van der Waals surface area (Å²) in [5, 5.41) is 0. The van der Waals surface area contributed by atoms with E-state index in [2.05, 4.69) is 0 Å². The second-order valence-corrected chi connectivity index (χ2v) is 5.08. The third-order valence-electron chi connectivity index (χ3n) is 3.43. The fourth-order valence-corrected chi connectivity index (χ4v) is 2.44. The van der Waals surface area contributed by atoms with Gasteiger partial charge in [0, 0.05) is 26.6 Å². The molecule has 1 aliphatic rings. The van der Waals surface area contributed by atoms with Crippen LogP contribution in [-0.2, 0) is 4.79 Å². The van der Waals surface area contributed by atoms with E-state index in [0.717, 1.165) is 24.5 Å². The van der Waals surface area contributed by atoms with Gasteiger partial charge in [0.1, 0.15) is 11.6 Å². The molecule has 0 radical (unpaired) electrons. The molecular formula is C15H17F2NO. The Bertz CT molecular complexity index is 503. The summed E-state index contributed by atoms with van der Waals surface area (Å²) in [6, 6.07) is 3.51. The predicted molar refractivity (Wildman–Crippen MR) is 70.4 cm³/mol. The Hall–Kier alpha value is -1.71. The number of nitrogens with zero attached hydrogens (tertiary/aromatic N) is 1. The van der Waals surface area contributed by atoms with Crippen LogP contribution in [0.2, 0.25) is 0 Å². The van der Waals surface area contributed by atoms with Crippen molar-refractivity contribution >= 4 is 11.5 Å². The zero-order valence-electron chi connectivity index (χ0n) is 11.1. The molecule has 19 heavy (non-hydrogen) atoms. The Morgan fingerprint density at radius 2 is 1.89 bits per heavy atom.